The van der Waals surface area contributed by atoms with Gasteiger partial charge in [-0.05, 0) is 48.6 Å². The van der Waals surface area contributed by atoms with E-state index >= 15 is 0 Å². The van der Waals surface area contributed by atoms with Crippen molar-refractivity contribution in [1.29, 1.82) is 0 Å². The number of hydrogen-bond acceptors (Lipinski definition) is 2. The average molecular weight is 281 g/mol. The van der Waals surface area contributed by atoms with Crippen LogP contribution in [-0.4, -0.2) is 5.91 Å². The zero-order valence-corrected chi connectivity index (χ0v) is 11.4. The fraction of sp³-hybridized carbons (Fsp3) is 0.214. The molecule has 1 aromatic heterocycles. The van der Waals surface area contributed by atoms with E-state index in [1.54, 1.807) is 11.3 Å². The van der Waals surface area contributed by atoms with Crippen molar-refractivity contribution in [2.24, 2.45) is 0 Å². The van der Waals surface area contributed by atoms with Crippen molar-refractivity contribution in [3.63, 3.8) is 0 Å². The van der Waals surface area contributed by atoms with Crippen LogP contribution in [-0.2, 0) is 6.54 Å². The number of hydrogen-bond donors (Lipinski definition) is 1. The molecule has 0 atom stereocenters. The Morgan fingerprint density at radius 2 is 2.00 bits per heavy atom. The molecule has 2 aromatic rings. The molecule has 1 N–H and O–H groups in total. The highest BCUT2D eigenvalue weighted by Gasteiger charge is 2.10. The van der Waals surface area contributed by atoms with Crippen molar-refractivity contribution in [2.75, 3.05) is 0 Å². The Bertz CT molecular complexity index is 622. The third-order valence-electron chi connectivity index (χ3n) is 3.01. The predicted octanol–water partition coefficient (Wildman–Crippen LogP) is 3.57. The van der Waals surface area contributed by atoms with Gasteiger partial charge in [0, 0.05) is 17.0 Å². The highest BCUT2D eigenvalue weighted by atomic mass is 32.1. The van der Waals surface area contributed by atoms with E-state index < -0.39 is 17.5 Å². The molecular formula is C14H13F2NOS. The number of nitrogens with one attached hydrogen (secondary N) is 1. The molecule has 1 amide bonds. The number of carbonyl (C=O) groups excluding carboxylic acids is 1. The van der Waals surface area contributed by atoms with Crippen molar-refractivity contribution in [3.05, 3.63) is 56.8 Å². The van der Waals surface area contributed by atoms with E-state index in [1.807, 2.05) is 19.2 Å². The normalized spacial score (nSPS) is 10.5. The van der Waals surface area contributed by atoms with Crippen LogP contribution in [0, 0.1) is 25.5 Å². The quantitative estimate of drug-likeness (QED) is 0.915. The molecule has 5 heteroatoms. The lowest BCUT2D eigenvalue weighted by Gasteiger charge is -2.05. The number of benzene rings is 1. The Kier molecular flexibility index (Phi) is 3.95. The van der Waals surface area contributed by atoms with E-state index in [0.717, 1.165) is 23.3 Å². The summed E-state index contributed by atoms with van der Waals surface area (Å²) in [4.78, 5) is 13.0. The first kappa shape index (κ1) is 13.7. The van der Waals surface area contributed by atoms with Crippen molar-refractivity contribution in [3.8, 4) is 0 Å². The Morgan fingerprint density at radius 1 is 1.26 bits per heavy atom. The standard InChI is InChI=1S/C14H13F2NOS/c1-8-9(2)19-7-11(8)6-17-14(18)10-3-4-12(15)13(16)5-10/h3-5,7H,6H2,1-2H3,(H,17,18). The van der Waals surface area contributed by atoms with Gasteiger partial charge in [0.05, 0.1) is 0 Å². The molecule has 0 saturated heterocycles. The molecule has 19 heavy (non-hydrogen) atoms. The van der Waals surface area contributed by atoms with Gasteiger partial charge < -0.3 is 5.32 Å². The molecule has 0 unspecified atom stereocenters. The number of thiophene rings is 1. The Morgan fingerprint density at radius 3 is 2.58 bits per heavy atom. The van der Waals surface area contributed by atoms with E-state index in [0.29, 0.717) is 6.54 Å². The molecule has 1 aromatic carbocycles. The van der Waals surface area contributed by atoms with Crippen molar-refractivity contribution in [1.82, 2.24) is 5.32 Å². The van der Waals surface area contributed by atoms with Crippen LogP contribution in [0.15, 0.2) is 23.6 Å². The van der Waals surface area contributed by atoms with Gasteiger partial charge in [-0.1, -0.05) is 0 Å². The lowest BCUT2D eigenvalue weighted by Crippen LogP contribution is -2.23. The second kappa shape index (κ2) is 5.48. The number of halogens is 2. The van der Waals surface area contributed by atoms with Crippen molar-refractivity contribution >= 4 is 17.2 Å². The van der Waals surface area contributed by atoms with Gasteiger partial charge in [0.2, 0.25) is 0 Å². The third-order valence-corrected chi connectivity index (χ3v) is 4.07. The minimum Gasteiger partial charge on any atom is -0.348 e. The highest BCUT2D eigenvalue weighted by molar-refractivity contribution is 7.10. The molecule has 0 aliphatic rings. The summed E-state index contributed by atoms with van der Waals surface area (Å²) in [5.41, 5.74) is 2.30. The summed E-state index contributed by atoms with van der Waals surface area (Å²) in [6.07, 6.45) is 0. The monoisotopic (exact) mass is 281 g/mol. The van der Waals surface area contributed by atoms with Crippen LogP contribution in [0.25, 0.3) is 0 Å². The van der Waals surface area contributed by atoms with Gasteiger partial charge >= 0.3 is 0 Å². The Hall–Kier alpha value is -1.75. The second-order valence-corrected chi connectivity index (χ2v) is 5.34. The second-order valence-electron chi connectivity index (χ2n) is 4.25. The van der Waals surface area contributed by atoms with Gasteiger partial charge in [-0.25, -0.2) is 8.78 Å². The summed E-state index contributed by atoms with van der Waals surface area (Å²) in [7, 11) is 0. The zero-order chi connectivity index (χ0) is 14.0. The van der Waals surface area contributed by atoms with Crippen LogP contribution in [0.2, 0.25) is 0 Å². The molecule has 0 saturated carbocycles. The molecule has 0 bridgehead atoms. The third kappa shape index (κ3) is 2.98. The molecular weight excluding hydrogens is 268 g/mol. The predicted molar refractivity (Wildman–Crippen MR) is 71.3 cm³/mol. The molecule has 2 rings (SSSR count). The number of rotatable bonds is 3. The first-order chi connectivity index (χ1) is 8.99. The molecule has 0 spiro atoms. The summed E-state index contributed by atoms with van der Waals surface area (Å²) in [6, 6.07) is 3.11. The number of carbonyl (C=O) groups is 1. The summed E-state index contributed by atoms with van der Waals surface area (Å²) in [5.74, 6) is -2.39. The molecule has 100 valence electrons. The summed E-state index contributed by atoms with van der Waals surface area (Å²) in [6.45, 7) is 4.39. The van der Waals surface area contributed by atoms with Crippen LogP contribution in [0.4, 0.5) is 8.78 Å². The molecule has 1 heterocycles. The topological polar surface area (TPSA) is 29.1 Å². The smallest absolute Gasteiger partial charge is 0.251 e. The Labute approximate surface area is 114 Å². The summed E-state index contributed by atoms with van der Waals surface area (Å²) < 4.78 is 25.8. The lowest BCUT2D eigenvalue weighted by atomic mass is 10.1. The van der Waals surface area contributed by atoms with Gasteiger partial charge in [0.1, 0.15) is 0 Å². The van der Waals surface area contributed by atoms with E-state index in [4.69, 9.17) is 0 Å². The van der Waals surface area contributed by atoms with Crippen LogP contribution in [0.1, 0.15) is 26.4 Å². The van der Waals surface area contributed by atoms with Crippen LogP contribution >= 0.6 is 11.3 Å². The largest absolute Gasteiger partial charge is 0.348 e. The zero-order valence-electron chi connectivity index (χ0n) is 10.6. The van der Waals surface area contributed by atoms with Crippen LogP contribution in [0.3, 0.4) is 0 Å². The first-order valence-corrected chi connectivity index (χ1v) is 6.64. The maximum absolute atomic E-state index is 13.0. The average Bonchev–Trinajstić information content (AvgIpc) is 2.70. The van der Waals surface area contributed by atoms with Crippen molar-refractivity contribution in [2.45, 2.75) is 20.4 Å². The maximum atomic E-state index is 13.0. The van der Waals surface area contributed by atoms with E-state index in [2.05, 4.69) is 5.32 Å². The van der Waals surface area contributed by atoms with Gasteiger partial charge in [-0.3, -0.25) is 4.79 Å². The van der Waals surface area contributed by atoms with Gasteiger partial charge in [-0.15, -0.1) is 11.3 Å². The van der Waals surface area contributed by atoms with E-state index in [-0.39, 0.29) is 5.56 Å². The van der Waals surface area contributed by atoms with Crippen LogP contribution < -0.4 is 5.32 Å². The fourth-order valence-electron chi connectivity index (χ4n) is 1.65. The Balaban J connectivity index is 2.05. The summed E-state index contributed by atoms with van der Waals surface area (Å²) >= 11 is 1.62. The maximum Gasteiger partial charge on any atom is 0.251 e. The van der Waals surface area contributed by atoms with Gasteiger partial charge in [0.25, 0.3) is 5.91 Å². The first-order valence-electron chi connectivity index (χ1n) is 5.76. The molecule has 0 aliphatic heterocycles. The molecule has 0 aliphatic carbocycles. The van der Waals surface area contributed by atoms with Crippen molar-refractivity contribution < 1.29 is 13.6 Å². The molecule has 2 nitrogen and oxygen atoms in total. The van der Waals surface area contributed by atoms with E-state index in [9.17, 15) is 13.6 Å². The highest BCUT2D eigenvalue weighted by Crippen LogP contribution is 2.20. The fourth-order valence-corrected chi connectivity index (χ4v) is 2.54. The molecule has 0 radical (unpaired) electrons. The van der Waals surface area contributed by atoms with Crippen LogP contribution in [0.5, 0.6) is 0 Å². The van der Waals surface area contributed by atoms with E-state index in [1.165, 1.54) is 10.9 Å². The minimum atomic E-state index is -1.02. The SMILES string of the molecule is Cc1scc(CNC(=O)c2ccc(F)c(F)c2)c1C. The minimum absolute atomic E-state index is 0.114. The van der Waals surface area contributed by atoms with Gasteiger partial charge in [-0.2, -0.15) is 0 Å². The van der Waals surface area contributed by atoms with Gasteiger partial charge in [0.15, 0.2) is 11.6 Å². The summed E-state index contributed by atoms with van der Waals surface area (Å²) in [5, 5.41) is 4.68. The number of aryl methyl sites for hydroxylation is 1. The molecule has 0 fully saturated rings. The number of amides is 1. The lowest BCUT2D eigenvalue weighted by molar-refractivity contribution is 0.0950.